The Morgan fingerprint density at radius 2 is 1.61 bits per heavy atom. The number of hydrogen-bond donors (Lipinski definition) is 1. The zero-order valence-electron chi connectivity index (χ0n) is 20.4. The lowest BCUT2D eigenvalue weighted by atomic mass is 10.0. The molecule has 0 unspecified atom stereocenters. The number of rotatable bonds is 8. The van der Waals surface area contributed by atoms with Gasteiger partial charge in [-0.15, -0.1) is 0 Å². The number of ether oxygens (including phenoxy) is 2. The molecule has 1 atom stereocenters. The van der Waals surface area contributed by atoms with E-state index >= 15 is 0 Å². The normalized spacial score (nSPS) is 12.7. The molecular formula is C27H27NO7S. The van der Waals surface area contributed by atoms with Crippen LogP contribution in [0.25, 0.3) is 21.7 Å². The van der Waals surface area contributed by atoms with Crippen molar-refractivity contribution in [2.75, 3.05) is 7.11 Å². The maximum atomic E-state index is 13.0. The van der Waals surface area contributed by atoms with E-state index in [9.17, 15) is 18.0 Å². The average molecular weight is 510 g/mol. The lowest BCUT2D eigenvalue weighted by Crippen LogP contribution is -2.43. The van der Waals surface area contributed by atoms with Crippen LogP contribution in [0.2, 0.25) is 0 Å². The Balaban J connectivity index is 1.62. The van der Waals surface area contributed by atoms with E-state index in [1.54, 1.807) is 42.5 Å². The maximum absolute atomic E-state index is 13.0. The molecule has 9 heteroatoms. The molecule has 8 nitrogen and oxygen atoms in total. The van der Waals surface area contributed by atoms with Crippen LogP contribution < -0.4 is 19.8 Å². The lowest BCUT2D eigenvalue weighted by Gasteiger charge is -2.19. The minimum absolute atomic E-state index is 0.0150. The first-order chi connectivity index (χ1) is 17.1. The largest absolute Gasteiger partial charge is 0.497 e. The van der Waals surface area contributed by atoms with Crippen LogP contribution in [-0.2, 0) is 14.8 Å². The topological polar surface area (TPSA) is 112 Å². The summed E-state index contributed by atoms with van der Waals surface area (Å²) < 4.78 is 44.4. The zero-order valence-corrected chi connectivity index (χ0v) is 21.2. The molecule has 0 aliphatic heterocycles. The van der Waals surface area contributed by atoms with Gasteiger partial charge in [-0.05, 0) is 61.7 Å². The standard InChI is InChI=1S/C27H27NO7S/c1-16(2)13-24(28-36(31,32)20-9-5-17(3)6-10-20)27(30)34-19-8-12-22-21-11-7-18(33-4)14-23(21)26(29)35-25(22)15-19/h5-12,14-16,24,28H,13H2,1-4H3/t24-/m0/s1. The van der Waals surface area contributed by atoms with Gasteiger partial charge in [-0.3, -0.25) is 0 Å². The number of sulfonamides is 1. The highest BCUT2D eigenvalue weighted by atomic mass is 32.2. The number of benzene rings is 3. The van der Waals surface area contributed by atoms with Gasteiger partial charge in [0.1, 0.15) is 23.1 Å². The number of hydrogen-bond acceptors (Lipinski definition) is 7. The van der Waals surface area contributed by atoms with Crippen molar-refractivity contribution in [3.8, 4) is 11.5 Å². The lowest BCUT2D eigenvalue weighted by molar-refractivity contribution is -0.136. The van der Waals surface area contributed by atoms with Crippen LogP contribution in [0.15, 0.2) is 74.8 Å². The molecule has 4 rings (SSSR count). The highest BCUT2D eigenvalue weighted by molar-refractivity contribution is 7.89. The highest BCUT2D eigenvalue weighted by Crippen LogP contribution is 2.29. The van der Waals surface area contributed by atoms with Gasteiger partial charge in [-0.1, -0.05) is 31.5 Å². The smallest absolute Gasteiger partial charge is 0.344 e. The molecule has 0 bridgehead atoms. The molecule has 0 spiro atoms. The van der Waals surface area contributed by atoms with Crippen molar-refractivity contribution in [3.05, 3.63) is 76.6 Å². The first-order valence-corrected chi connectivity index (χ1v) is 12.9. The zero-order chi connectivity index (χ0) is 26.0. The minimum atomic E-state index is -3.95. The molecule has 0 saturated heterocycles. The van der Waals surface area contributed by atoms with Gasteiger partial charge in [-0.25, -0.2) is 18.0 Å². The van der Waals surface area contributed by atoms with Crippen LogP contribution in [0.4, 0.5) is 0 Å². The molecule has 1 aromatic heterocycles. The summed E-state index contributed by atoms with van der Waals surface area (Å²) in [5, 5.41) is 1.70. The van der Waals surface area contributed by atoms with E-state index in [0.717, 1.165) is 5.56 Å². The third-order valence-corrected chi connectivity index (χ3v) is 7.22. The molecule has 3 aromatic carbocycles. The van der Waals surface area contributed by atoms with Crippen molar-refractivity contribution in [2.24, 2.45) is 5.92 Å². The maximum Gasteiger partial charge on any atom is 0.344 e. The fraction of sp³-hybridized carbons (Fsp3) is 0.259. The molecule has 0 amide bonds. The van der Waals surface area contributed by atoms with Crippen molar-refractivity contribution in [2.45, 2.75) is 38.1 Å². The van der Waals surface area contributed by atoms with E-state index < -0.39 is 27.7 Å². The Morgan fingerprint density at radius 3 is 2.28 bits per heavy atom. The Kier molecular flexibility index (Phi) is 7.14. The summed E-state index contributed by atoms with van der Waals surface area (Å²) in [7, 11) is -2.44. The summed E-state index contributed by atoms with van der Waals surface area (Å²) >= 11 is 0. The Labute approximate surface area is 208 Å². The minimum Gasteiger partial charge on any atom is -0.497 e. The van der Waals surface area contributed by atoms with Gasteiger partial charge in [0.2, 0.25) is 10.0 Å². The molecule has 0 radical (unpaired) electrons. The van der Waals surface area contributed by atoms with Crippen LogP contribution >= 0.6 is 0 Å². The van der Waals surface area contributed by atoms with Crippen molar-refractivity contribution >= 4 is 37.7 Å². The number of methoxy groups -OCH3 is 1. The monoisotopic (exact) mass is 509 g/mol. The summed E-state index contributed by atoms with van der Waals surface area (Å²) in [5.74, 6) is -0.0800. The summed E-state index contributed by atoms with van der Waals surface area (Å²) in [6.45, 7) is 5.62. The summed E-state index contributed by atoms with van der Waals surface area (Å²) in [4.78, 5) is 25.6. The van der Waals surface area contributed by atoms with Crippen molar-refractivity contribution in [1.82, 2.24) is 4.72 Å². The Morgan fingerprint density at radius 1 is 0.944 bits per heavy atom. The molecule has 188 valence electrons. The number of nitrogens with one attached hydrogen (secondary N) is 1. The fourth-order valence-corrected chi connectivity index (χ4v) is 5.10. The van der Waals surface area contributed by atoms with Crippen molar-refractivity contribution in [1.29, 1.82) is 0 Å². The summed E-state index contributed by atoms with van der Waals surface area (Å²) in [5.41, 5.74) is 0.606. The predicted molar refractivity (Wildman–Crippen MR) is 137 cm³/mol. The number of carbonyl (C=O) groups excluding carboxylic acids is 1. The van der Waals surface area contributed by atoms with Crippen molar-refractivity contribution < 1.29 is 27.1 Å². The van der Waals surface area contributed by atoms with E-state index in [0.29, 0.717) is 21.9 Å². The number of esters is 1. The van der Waals surface area contributed by atoms with Crippen LogP contribution in [0.5, 0.6) is 11.5 Å². The predicted octanol–water partition coefficient (Wildman–Crippen LogP) is 4.56. The van der Waals surface area contributed by atoms with E-state index in [1.807, 2.05) is 20.8 Å². The van der Waals surface area contributed by atoms with Gasteiger partial charge in [0, 0.05) is 16.8 Å². The van der Waals surface area contributed by atoms with E-state index in [1.165, 1.54) is 25.3 Å². The van der Waals surface area contributed by atoms with Crippen LogP contribution in [0.1, 0.15) is 25.8 Å². The van der Waals surface area contributed by atoms with Gasteiger partial charge in [0.15, 0.2) is 0 Å². The second kappa shape index (κ2) is 10.1. The highest BCUT2D eigenvalue weighted by Gasteiger charge is 2.28. The molecule has 1 N–H and O–H groups in total. The Hall–Kier alpha value is -3.69. The van der Waals surface area contributed by atoms with E-state index in [-0.39, 0.29) is 28.6 Å². The number of aryl methyl sites for hydroxylation is 1. The molecule has 0 aliphatic carbocycles. The van der Waals surface area contributed by atoms with Gasteiger partial charge >= 0.3 is 11.6 Å². The Bertz CT molecular complexity index is 1590. The number of carbonyl (C=O) groups is 1. The third kappa shape index (κ3) is 5.42. The van der Waals surface area contributed by atoms with Gasteiger partial charge in [0.05, 0.1) is 17.4 Å². The fourth-order valence-electron chi connectivity index (χ4n) is 3.91. The molecule has 4 aromatic rings. The molecule has 1 heterocycles. The molecule has 0 fully saturated rings. The second-order valence-corrected chi connectivity index (χ2v) is 10.7. The molecule has 0 aliphatic rings. The van der Waals surface area contributed by atoms with Crippen LogP contribution in [0.3, 0.4) is 0 Å². The third-order valence-electron chi connectivity index (χ3n) is 5.73. The first-order valence-electron chi connectivity index (χ1n) is 11.4. The quantitative estimate of drug-likeness (QED) is 0.160. The molecule has 36 heavy (non-hydrogen) atoms. The summed E-state index contributed by atoms with van der Waals surface area (Å²) in [6.07, 6.45) is 0.235. The van der Waals surface area contributed by atoms with Crippen LogP contribution in [0, 0.1) is 12.8 Å². The first kappa shape index (κ1) is 25.4. The molecular weight excluding hydrogens is 482 g/mol. The van der Waals surface area contributed by atoms with Crippen LogP contribution in [-0.4, -0.2) is 27.5 Å². The van der Waals surface area contributed by atoms with E-state index in [2.05, 4.69) is 4.72 Å². The number of fused-ring (bicyclic) bond motifs is 3. The van der Waals surface area contributed by atoms with E-state index in [4.69, 9.17) is 13.9 Å². The van der Waals surface area contributed by atoms with Gasteiger partial charge in [0.25, 0.3) is 0 Å². The second-order valence-electron chi connectivity index (χ2n) is 9.00. The van der Waals surface area contributed by atoms with Gasteiger partial charge < -0.3 is 13.9 Å². The van der Waals surface area contributed by atoms with Gasteiger partial charge in [-0.2, -0.15) is 4.72 Å². The average Bonchev–Trinajstić information content (AvgIpc) is 2.83. The summed E-state index contributed by atoms with van der Waals surface area (Å²) in [6, 6.07) is 15.0. The molecule has 0 saturated carbocycles. The van der Waals surface area contributed by atoms with Crippen molar-refractivity contribution in [3.63, 3.8) is 0 Å². The SMILES string of the molecule is COc1ccc2c(c1)c(=O)oc1cc(OC(=O)[C@H](CC(C)C)NS(=O)(=O)c3ccc(C)cc3)ccc12.